The van der Waals surface area contributed by atoms with E-state index in [-0.39, 0.29) is 62.2 Å². The molecule has 0 radical (unpaired) electrons. The minimum absolute atomic E-state index is 0.0949. The van der Waals surface area contributed by atoms with Crippen molar-refractivity contribution in [2.75, 3.05) is 6.54 Å². The van der Waals surface area contributed by atoms with E-state index in [1.807, 2.05) is 0 Å². The second-order valence-electron chi connectivity index (χ2n) is 14.5. The van der Waals surface area contributed by atoms with E-state index in [0.717, 1.165) is 44.8 Å². The molecule has 53 heavy (non-hydrogen) atoms. The maximum atomic E-state index is 13.1. The van der Waals surface area contributed by atoms with Crippen LogP contribution in [0.25, 0.3) is 0 Å². The molecule has 12 nitrogen and oxygen atoms in total. The molecule has 0 aromatic carbocycles. The Morgan fingerprint density at radius 2 is 0.962 bits per heavy atom. The number of ketones is 1. The Hall–Kier alpha value is -3.31. The van der Waals surface area contributed by atoms with Gasteiger partial charge in [-0.1, -0.05) is 117 Å². The summed E-state index contributed by atoms with van der Waals surface area (Å²) in [5, 5.41) is 20.1. The Morgan fingerprint density at radius 1 is 0.509 bits per heavy atom. The maximum absolute atomic E-state index is 13.1. The minimum Gasteiger partial charge on any atom is -0.481 e. The third-order valence-electron chi connectivity index (χ3n) is 9.56. The van der Waals surface area contributed by atoms with Crippen LogP contribution in [-0.2, 0) is 33.6 Å². The predicted molar refractivity (Wildman–Crippen MR) is 209 cm³/mol. The number of aldehydes is 1. The normalized spacial score (nSPS) is 12.7. The van der Waals surface area contributed by atoms with E-state index < -0.39 is 30.0 Å². The zero-order chi connectivity index (χ0) is 39.5. The van der Waals surface area contributed by atoms with Crippen LogP contribution in [0.1, 0.15) is 194 Å². The zero-order valence-corrected chi connectivity index (χ0v) is 33.4. The lowest BCUT2D eigenvalue weighted by Crippen LogP contribution is -2.51. The molecule has 0 aliphatic heterocycles. The molecular formula is C41H74N4O8. The standard InChI is InChI=1S/C41H74N4O8/c1-4-6-8-10-12-14-16-18-20-27-37(48)43-35(26-24-32-46)40(52)42-31-23-22-25-34(33(3)47)45-41(53)36(29-30-39(50)51)44-38(49)28-21-19-17-15-13-11-9-7-5-2/h32,34-36H,4-31H2,1-3H3,(H,42,52)(H,43,48)(H,44,49)(H,45,53)(H,50,51). The van der Waals surface area contributed by atoms with Gasteiger partial charge in [-0.25, -0.2) is 0 Å². The fraction of sp³-hybridized carbons (Fsp3) is 0.829. The number of Topliss-reactive ketones (excluding diaryl/α,β-unsaturated/α-hetero) is 1. The first-order valence-electron chi connectivity index (χ1n) is 20.9. The Kier molecular flexibility index (Phi) is 32.3. The molecule has 0 aromatic heterocycles. The Morgan fingerprint density at radius 3 is 1.40 bits per heavy atom. The number of carbonyl (C=O) groups excluding carboxylic acids is 6. The van der Waals surface area contributed by atoms with Crippen LogP contribution in [0, 0.1) is 0 Å². The van der Waals surface area contributed by atoms with Crippen molar-refractivity contribution >= 4 is 41.7 Å². The summed E-state index contributed by atoms with van der Waals surface area (Å²) in [4.78, 5) is 85.8. The van der Waals surface area contributed by atoms with Crippen LogP contribution in [0.2, 0.25) is 0 Å². The van der Waals surface area contributed by atoms with Gasteiger partial charge in [0.1, 0.15) is 18.4 Å². The summed E-state index contributed by atoms with van der Waals surface area (Å²) in [7, 11) is 0. The molecule has 0 aliphatic carbocycles. The van der Waals surface area contributed by atoms with Gasteiger partial charge in [0.05, 0.1) is 6.04 Å². The summed E-state index contributed by atoms with van der Waals surface area (Å²) in [6.45, 7) is 6.02. The molecule has 0 fully saturated rings. The van der Waals surface area contributed by atoms with Crippen molar-refractivity contribution in [2.45, 2.75) is 212 Å². The van der Waals surface area contributed by atoms with Crippen molar-refractivity contribution in [1.29, 1.82) is 0 Å². The SMILES string of the molecule is CCCCCCCCCCCC(=O)NC(CCC=O)C(=O)NCCCCC(NC(=O)C(CCC(=O)O)NC(=O)CCCCCCCCCCC)C(C)=O. The van der Waals surface area contributed by atoms with Crippen LogP contribution in [0.5, 0.6) is 0 Å². The van der Waals surface area contributed by atoms with E-state index in [1.165, 1.54) is 77.6 Å². The summed E-state index contributed by atoms with van der Waals surface area (Å²) >= 11 is 0. The van der Waals surface area contributed by atoms with Crippen LogP contribution in [-0.4, -0.2) is 71.4 Å². The van der Waals surface area contributed by atoms with E-state index in [0.29, 0.717) is 32.1 Å². The molecule has 0 saturated carbocycles. The van der Waals surface area contributed by atoms with Gasteiger partial charge in [0.25, 0.3) is 0 Å². The van der Waals surface area contributed by atoms with Crippen LogP contribution in [0.15, 0.2) is 0 Å². The highest BCUT2D eigenvalue weighted by Crippen LogP contribution is 2.13. The fourth-order valence-corrected chi connectivity index (χ4v) is 6.22. The van der Waals surface area contributed by atoms with Gasteiger partial charge in [0.2, 0.25) is 23.6 Å². The molecule has 5 N–H and O–H groups in total. The van der Waals surface area contributed by atoms with E-state index in [9.17, 15) is 38.7 Å². The zero-order valence-electron chi connectivity index (χ0n) is 33.4. The molecule has 0 spiro atoms. The summed E-state index contributed by atoms with van der Waals surface area (Å²) in [6, 6.07) is -2.72. The molecule has 3 unspecified atom stereocenters. The van der Waals surface area contributed by atoms with Crippen LogP contribution in [0.4, 0.5) is 0 Å². The first-order chi connectivity index (χ1) is 25.5. The number of aliphatic carboxylic acids is 1. The highest BCUT2D eigenvalue weighted by molar-refractivity contribution is 5.92. The average Bonchev–Trinajstić information content (AvgIpc) is 3.12. The van der Waals surface area contributed by atoms with Crippen molar-refractivity contribution in [3.8, 4) is 0 Å². The molecule has 0 rings (SSSR count). The van der Waals surface area contributed by atoms with Crippen LogP contribution < -0.4 is 21.3 Å². The first-order valence-corrected chi connectivity index (χ1v) is 20.9. The number of hydrogen-bond donors (Lipinski definition) is 5. The third-order valence-corrected chi connectivity index (χ3v) is 9.56. The van der Waals surface area contributed by atoms with Gasteiger partial charge in [-0.3, -0.25) is 28.8 Å². The van der Waals surface area contributed by atoms with Gasteiger partial charge >= 0.3 is 5.97 Å². The number of hydrogen-bond acceptors (Lipinski definition) is 7. The number of rotatable bonds is 37. The molecule has 0 heterocycles. The number of unbranched alkanes of at least 4 members (excludes halogenated alkanes) is 17. The monoisotopic (exact) mass is 751 g/mol. The number of carboxylic acid groups (broad SMARTS) is 1. The lowest BCUT2D eigenvalue weighted by Gasteiger charge is -2.22. The van der Waals surface area contributed by atoms with E-state index >= 15 is 0 Å². The lowest BCUT2D eigenvalue weighted by atomic mass is 10.0. The van der Waals surface area contributed by atoms with Crippen LogP contribution >= 0.6 is 0 Å². The summed E-state index contributed by atoms with van der Waals surface area (Å²) in [5.41, 5.74) is 0. The molecule has 4 amide bonds. The van der Waals surface area contributed by atoms with Crippen molar-refractivity contribution < 1.29 is 38.7 Å². The molecule has 306 valence electrons. The molecule has 12 heteroatoms. The molecule has 0 bridgehead atoms. The lowest BCUT2D eigenvalue weighted by molar-refractivity contribution is -0.138. The fourth-order valence-electron chi connectivity index (χ4n) is 6.22. The predicted octanol–water partition coefficient (Wildman–Crippen LogP) is 7.00. The maximum Gasteiger partial charge on any atom is 0.303 e. The second kappa shape index (κ2) is 34.5. The Labute approximate surface area is 319 Å². The summed E-state index contributed by atoms with van der Waals surface area (Å²) in [5.74, 6) is -2.86. The van der Waals surface area contributed by atoms with Crippen molar-refractivity contribution in [3.63, 3.8) is 0 Å². The number of amides is 4. The highest BCUT2D eigenvalue weighted by atomic mass is 16.4. The van der Waals surface area contributed by atoms with Crippen LogP contribution in [0.3, 0.4) is 0 Å². The molecule has 0 aromatic rings. The Bertz CT molecular complexity index is 1040. The van der Waals surface area contributed by atoms with Crippen molar-refractivity contribution in [1.82, 2.24) is 21.3 Å². The van der Waals surface area contributed by atoms with E-state index in [2.05, 4.69) is 35.1 Å². The van der Waals surface area contributed by atoms with Gasteiger partial charge in [0.15, 0.2) is 5.78 Å². The third kappa shape index (κ3) is 29.8. The first kappa shape index (κ1) is 49.7. The molecule has 0 aliphatic rings. The Balaban J connectivity index is 4.70. The van der Waals surface area contributed by atoms with E-state index in [4.69, 9.17) is 0 Å². The van der Waals surface area contributed by atoms with Gasteiger partial charge < -0.3 is 31.2 Å². The minimum atomic E-state index is -1.09. The smallest absolute Gasteiger partial charge is 0.303 e. The van der Waals surface area contributed by atoms with Crippen molar-refractivity contribution in [2.24, 2.45) is 0 Å². The van der Waals surface area contributed by atoms with Gasteiger partial charge in [-0.15, -0.1) is 0 Å². The molecule has 3 atom stereocenters. The topological polar surface area (TPSA) is 188 Å². The molecular weight excluding hydrogens is 676 g/mol. The number of nitrogens with one attached hydrogen (secondary N) is 4. The van der Waals surface area contributed by atoms with Gasteiger partial charge in [0, 0.05) is 32.2 Å². The highest BCUT2D eigenvalue weighted by Gasteiger charge is 2.26. The summed E-state index contributed by atoms with van der Waals surface area (Å²) < 4.78 is 0. The van der Waals surface area contributed by atoms with Gasteiger partial charge in [-0.2, -0.15) is 0 Å². The average molecular weight is 751 g/mol. The van der Waals surface area contributed by atoms with Gasteiger partial charge in [-0.05, 0) is 51.9 Å². The van der Waals surface area contributed by atoms with E-state index in [1.54, 1.807) is 0 Å². The quantitative estimate of drug-likeness (QED) is 0.0331. The number of carbonyl (C=O) groups is 7. The summed E-state index contributed by atoms with van der Waals surface area (Å²) in [6.07, 6.45) is 22.7. The molecule has 0 saturated heterocycles. The number of carboxylic acids is 1. The largest absolute Gasteiger partial charge is 0.481 e. The second-order valence-corrected chi connectivity index (χ2v) is 14.5. The van der Waals surface area contributed by atoms with Crippen molar-refractivity contribution in [3.05, 3.63) is 0 Å².